The molecule has 1 aromatic rings. The Kier molecular flexibility index (Phi) is 7.27. The predicted octanol–water partition coefficient (Wildman–Crippen LogP) is 3.58. The van der Waals surface area contributed by atoms with E-state index in [0.29, 0.717) is 6.42 Å². The van der Waals surface area contributed by atoms with Gasteiger partial charge in [0.05, 0.1) is 6.04 Å². The van der Waals surface area contributed by atoms with Gasteiger partial charge in [-0.3, -0.25) is 9.59 Å². The fourth-order valence-corrected chi connectivity index (χ4v) is 2.37. The van der Waals surface area contributed by atoms with Crippen LogP contribution in [0.25, 0.3) is 0 Å². The fraction of sp³-hybridized carbons (Fsp3) is 0.579. The Balaban J connectivity index is 2.74. The van der Waals surface area contributed by atoms with Gasteiger partial charge in [0.1, 0.15) is 6.04 Å². The monoisotopic (exact) mass is 318 g/mol. The van der Waals surface area contributed by atoms with Crippen LogP contribution in [0.4, 0.5) is 0 Å². The first-order chi connectivity index (χ1) is 10.8. The second-order valence-corrected chi connectivity index (χ2v) is 7.11. The molecule has 0 saturated carbocycles. The van der Waals surface area contributed by atoms with Gasteiger partial charge >= 0.3 is 0 Å². The van der Waals surface area contributed by atoms with Crippen molar-refractivity contribution < 1.29 is 9.59 Å². The standard InChI is InChI=1S/C19H30N2O2/c1-6-7-13-16(22)21-17(19(3,4)5)18(23)20-14(2)15-11-9-8-10-12-15/h8-12,14,17H,6-7,13H2,1-5H3,(H,20,23)(H,21,22)/t14-,17-/m1/s1. The van der Waals surface area contributed by atoms with Crippen molar-refractivity contribution in [2.75, 3.05) is 0 Å². The van der Waals surface area contributed by atoms with E-state index >= 15 is 0 Å². The molecule has 0 fully saturated rings. The van der Waals surface area contributed by atoms with Crippen LogP contribution < -0.4 is 10.6 Å². The molecule has 0 heterocycles. The molecule has 0 spiro atoms. The van der Waals surface area contributed by atoms with Crippen LogP contribution in [0, 0.1) is 5.41 Å². The average Bonchev–Trinajstić information content (AvgIpc) is 2.50. The fourth-order valence-electron chi connectivity index (χ4n) is 2.37. The minimum Gasteiger partial charge on any atom is -0.348 e. The second kappa shape index (κ2) is 8.70. The molecule has 0 saturated heterocycles. The maximum Gasteiger partial charge on any atom is 0.243 e. The molecule has 0 radical (unpaired) electrons. The molecule has 0 aliphatic rings. The number of carbonyl (C=O) groups excluding carboxylic acids is 2. The first kappa shape index (κ1) is 19.2. The first-order valence-electron chi connectivity index (χ1n) is 8.40. The topological polar surface area (TPSA) is 58.2 Å². The number of hydrogen-bond donors (Lipinski definition) is 2. The Hall–Kier alpha value is -1.84. The van der Waals surface area contributed by atoms with Crippen LogP contribution in [-0.4, -0.2) is 17.9 Å². The van der Waals surface area contributed by atoms with E-state index in [4.69, 9.17) is 0 Å². The van der Waals surface area contributed by atoms with Gasteiger partial charge < -0.3 is 10.6 Å². The highest BCUT2D eigenvalue weighted by atomic mass is 16.2. The number of carbonyl (C=O) groups is 2. The summed E-state index contributed by atoms with van der Waals surface area (Å²) >= 11 is 0. The predicted molar refractivity (Wildman–Crippen MR) is 93.9 cm³/mol. The third kappa shape index (κ3) is 6.43. The van der Waals surface area contributed by atoms with E-state index in [1.165, 1.54) is 0 Å². The van der Waals surface area contributed by atoms with Crippen molar-refractivity contribution >= 4 is 11.8 Å². The van der Waals surface area contributed by atoms with Crippen LogP contribution in [0.3, 0.4) is 0 Å². The van der Waals surface area contributed by atoms with Crippen LogP contribution in [0.5, 0.6) is 0 Å². The number of unbranched alkanes of at least 4 members (excludes halogenated alkanes) is 1. The molecular formula is C19H30N2O2. The number of rotatable bonds is 7. The molecule has 0 aliphatic carbocycles. The van der Waals surface area contributed by atoms with Crippen LogP contribution in [-0.2, 0) is 9.59 Å². The lowest BCUT2D eigenvalue weighted by Gasteiger charge is -2.31. The normalized spacial score (nSPS) is 14.0. The zero-order valence-corrected chi connectivity index (χ0v) is 15.0. The molecule has 23 heavy (non-hydrogen) atoms. The van der Waals surface area contributed by atoms with Crippen molar-refractivity contribution in [3.8, 4) is 0 Å². The van der Waals surface area contributed by atoms with Gasteiger partial charge in [-0.1, -0.05) is 64.4 Å². The number of nitrogens with one attached hydrogen (secondary N) is 2. The lowest BCUT2D eigenvalue weighted by Crippen LogP contribution is -2.53. The van der Waals surface area contributed by atoms with E-state index in [2.05, 4.69) is 10.6 Å². The van der Waals surface area contributed by atoms with E-state index < -0.39 is 6.04 Å². The molecule has 4 nitrogen and oxygen atoms in total. The summed E-state index contributed by atoms with van der Waals surface area (Å²) < 4.78 is 0. The molecule has 0 aromatic heterocycles. The van der Waals surface area contributed by atoms with Crippen LogP contribution in [0.1, 0.15) is 65.5 Å². The molecule has 2 atom stereocenters. The molecule has 4 heteroatoms. The van der Waals surface area contributed by atoms with Crippen molar-refractivity contribution in [2.45, 2.75) is 66.0 Å². The highest BCUT2D eigenvalue weighted by molar-refractivity contribution is 5.88. The van der Waals surface area contributed by atoms with Crippen molar-refractivity contribution in [2.24, 2.45) is 5.41 Å². The summed E-state index contributed by atoms with van der Waals surface area (Å²) in [5, 5.41) is 5.91. The molecule has 2 amide bonds. The first-order valence-corrected chi connectivity index (χ1v) is 8.40. The number of benzene rings is 1. The lowest BCUT2D eigenvalue weighted by molar-refractivity contribution is -0.132. The highest BCUT2D eigenvalue weighted by Crippen LogP contribution is 2.21. The van der Waals surface area contributed by atoms with E-state index in [9.17, 15) is 9.59 Å². The SMILES string of the molecule is CCCCC(=O)N[C@H](C(=O)N[C@H](C)c1ccccc1)C(C)(C)C. The summed E-state index contributed by atoms with van der Waals surface area (Å²) in [4.78, 5) is 24.7. The summed E-state index contributed by atoms with van der Waals surface area (Å²) in [6.45, 7) is 9.88. The van der Waals surface area contributed by atoms with Crippen molar-refractivity contribution in [1.82, 2.24) is 10.6 Å². The maximum absolute atomic E-state index is 12.7. The third-order valence-electron chi connectivity index (χ3n) is 3.85. The van der Waals surface area contributed by atoms with Gasteiger partial charge in [0, 0.05) is 6.42 Å². The van der Waals surface area contributed by atoms with E-state index in [1.54, 1.807) is 0 Å². The van der Waals surface area contributed by atoms with Gasteiger partial charge in [0.25, 0.3) is 0 Å². The molecule has 1 rings (SSSR count). The minimum atomic E-state index is -0.544. The molecule has 0 bridgehead atoms. The summed E-state index contributed by atoms with van der Waals surface area (Å²) in [5.74, 6) is -0.201. The summed E-state index contributed by atoms with van der Waals surface area (Å²) in [7, 11) is 0. The van der Waals surface area contributed by atoms with Gasteiger partial charge in [-0.05, 0) is 24.3 Å². The molecule has 0 unspecified atom stereocenters. The largest absolute Gasteiger partial charge is 0.348 e. The number of amides is 2. The van der Waals surface area contributed by atoms with E-state index in [-0.39, 0.29) is 23.3 Å². The summed E-state index contributed by atoms with van der Waals surface area (Å²) in [6.07, 6.45) is 2.26. The Labute approximate surface area is 140 Å². The minimum absolute atomic E-state index is 0.0608. The molecule has 128 valence electrons. The van der Waals surface area contributed by atoms with Crippen LogP contribution in [0.2, 0.25) is 0 Å². The van der Waals surface area contributed by atoms with Gasteiger partial charge in [0.2, 0.25) is 11.8 Å². The van der Waals surface area contributed by atoms with Gasteiger partial charge in [-0.2, -0.15) is 0 Å². The molecule has 2 N–H and O–H groups in total. The van der Waals surface area contributed by atoms with E-state index in [1.807, 2.05) is 65.0 Å². The molecular weight excluding hydrogens is 288 g/mol. The van der Waals surface area contributed by atoms with Crippen LogP contribution in [0.15, 0.2) is 30.3 Å². The Morgan fingerprint density at radius 1 is 1.09 bits per heavy atom. The highest BCUT2D eigenvalue weighted by Gasteiger charge is 2.33. The zero-order chi connectivity index (χ0) is 17.5. The third-order valence-corrected chi connectivity index (χ3v) is 3.85. The summed E-state index contributed by atoms with van der Waals surface area (Å²) in [5.41, 5.74) is 0.702. The quantitative estimate of drug-likeness (QED) is 0.807. The van der Waals surface area contributed by atoms with Crippen molar-refractivity contribution in [3.05, 3.63) is 35.9 Å². The Bertz CT molecular complexity index is 506. The van der Waals surface area contributed by atoms with Gasteiger partial charge in [-0.25, -0.2) is 0 Å². The maximum atomic E-state index is 12.7. The second-order valence-electron chi connectivity index (χ2n) is 7.11. The lowest BCUT2D eigenvalue weighted by atomic mass is 9.85. The van der Waals surface area contributed by atoms with E-state index in [0.717, 1.165) is 18.4 Å². The smallest absolute Gasteiger partial charge is 0.243 e. The Morgan fingerprint density at radius 3 is 2.22 bits per heavy atom. The number of hydrogen-bond acceptors (Lipinski definition) is 2. The molecule has 1 aromatic carbocycles. The van der Waals surface area contributed by atoms with Gasteiger partial charge in [0.15, 0.2) is 0 Å². The van der Waals surface area contributed by atoms with Crippen LogP contribution >= 0.6 is 0 Å². The van der Waals surface area contributed by atoms with Crippen molar-refractivity contribution in [1.29, 1.82) is 0 Å². The van der Waals surface area contributed by atoms with Gasteiger partial charge in [-0.15, -0.1) is 0 Å². The Morgan fingerprint density at radius 2 is 1.70 bits per heavy atom. The van der Waals surface area contributed by atoms with Crippen molar-refractivity contribution in [3.63, 3.8) is 0 Å². The molecule has 0 aliphatic heterocycles. The zero-order valence-electron chi connectivity index (χ0n) is 15.0. The summed E-state index contributed by atoms with van der Waals surface area (Å²) in [6, 6.07) is 9.17. The average molecular weight is 318 g/mol.